The van der Waals surface area contributed by atoms with Crippen molar-refractivity contribution in [3.63, 3.8) is 0 Å². The summed E-state index contributed by atoms with van der Waals surface area (Å²) in [6.07, 6.45) is -4.01. The Kier molecular flexibility index (Phi) is 4.40. The lowest BCUT2D eigenvalue weighted by Crippen LogP contribution is -2.34. The highest BCUT2D eigenvalue weighted by atomic mass is 31.2. The molecular formula is C9H11F2N2O7P. The standard InChI is InChI=1S/C9H11F2N2O7P/c10-4-1-7(20-6(4)3-19-21(16,17)18)13-2-5(11)8(14)12-9(13)15/h2,4,6-7H,1,3H2,(H,12,14,15)(H2,16,17,18). The Morgan fingerprint density at radius 1 is 1.52 bits per heavy atom. The van der Waals surface area contributed by atoms with Crippen LogP contribution in [-0.4, -0.2) is 38.2 Å². The minimum atomic E-state index is -4.78. The molecule has 0 radical (unpaired) electrons. The molecule has 2 heterocycles. The van der Waals surface area contributed by atoms with Crippen molar-refractivity contribution in [2.75, 3.05) is 6.61 Å². The molecule has 0 aliphatic carbocycles. The zero-order chi connectivity index (χ0) is 15.8. The predicted molar refractivity (Wildman–Crippen MR) is 62.7 cm³/mol. The van der Waals surface area contributed by atoms with Crippen molar-refractivity contribution >= 4 is 7.82 Å². The summed E-state index contributed by atoms with van der Waals surface area (Å²) in [5.41, 5.74) is -2.21. The van der Waals surface area contributed by atoms with E-state index in [0.717, 1.165) is 0 Å². The molecule has 12 heteroatoms. The van der Waals surface area contributed by atoms with Gasteiger partial charge in [-0.05, 0) is 0 Å². The van der Waals surface area contributed by atoms with Crippen molar-refractivity contribution in [3.8, 4) is 0 Å². The third kappa shape index (κ3) is 3.83. The van der Waals surface area contributed by atoms with Crippen molar-refractivity contribution in [1.29, 1.82) is 0 Å². The van der Waals surface area contributed by atoms with Gasteiger partial charge in [0.15, 0.2) is 0 Å². The number of phosphoric acid groups is 1. The molecule has 0 bridgehead atoms. The van der Waals surface area contributed by atoms with Crippen LogP contribution in [0.5, 0.6) is 0 Å². The Hall–Kier alpha value is -1.39. The van der Waals surface area contributed by atoms with Gasteiger partial charge in [0.1, 0.15) is 18.5 Å². The summed E-state index contributed by atoms with van der Waals surface area (Å²) in [5, 5.41) is 0. The van der Waals surface area contributed by atoms with Gasteiger partial charge in [-0.2, -0.15) is 4.39 Å². The third-order valence-corrected chi connectivity index (χ3v) is 3.29. The number of rotatable bonds is 4. The van der Waals surface area contributed by atoms with Crippen LogP contribution in [0.25, 0.3) is 0 Å². The SMILES string of the molecule is O=c1[nH]c(=O)n(C2CC(F)C(COP(=O)(O)O)O2)cc1F. The van der Waals surface area contributed by atoms with Crippen LogP contribution >= 0.6 is 7.82 Å². The maximum absolute atomic E-state index is 13.7. The summed E-state index contributed by atoms with van der Waals surface area (Å²) in [6.45, 7) is -0.734. The van der Waals surface area contributed by atoms with E-state index in [4.69, 9.17) is 14.5 Å². The zero-order valence-corrected chi connectivity index (χ0v) is 11.2. The number of nitrogens with one attached hydrogen (secondary N) is 1. The van der Waals surface area contributed by atoms with Crippen LogP contribution in [0.3, 0.4) is 0 Å². The number of alkyl halides is 1. The van der Waals surface area contributed by atoms with Crippen LogP contribution in [0, 0.1) is 5.82 Å². The number of nitrogens with zero attached hydrogens (tertiary/aromatic N) is 1. The van der Waals surface area contributed by atoms with Gasteiger partial charge < -0.3 is 14.5 Å². The van der Waals surface area contributed by atoms with E-state index in [0.29, 0.717) is 10.8 Å². The molecule has 1 aromatic rings. The van der Waals surface area contributed by atoms with E-state index in [1.807, 2.05) is 0 Å². The van der Waals surface area contributed by atoms with Gasteiger partial charge in [-0.1, -0.05) is 0 Å². The molecule has 3 N–H and O–H groups in total. The lowest BCUT2D eigenvalue weighted by Gasteiger charge is -2.15. The van der Waals surface area contributed by atoms with E-state index in [1.54, 1.807) is 4.98 Å². The van der Waals surface area contributed by atoms with Crippen molar-refractivity contribution in [3.05, 3.63) is 32.9 Å². The fourth-order valence-electron chi connectivity index (χ4n) is 1.86. The Balaban J connectivity index is 2.14. The van der Waals surface area contributed by atoms with E-state index in [2.05, 4.69) is 4.52 Å². The topological polar surface area (TPSA) is 131 Å². The second kappa shape index (κ2) is 5.78. The van der Waals surface area contributed by atoms with Gasteiger partial charge >= 0.3 is 13.5 Å². The van der Waals surface area contributed by atoms with Gasteiger partial charge in [-0.3, -0.25) is 18.9 Å². The van der Waals surface area contributed by atoms with E-state index >= 15 is 0 Å². The molecule has 2 rings (SSSR count). The molecule has 3 atom stereocenters. The summed E-state index contributed by atoms with van der Waals surface area (Å²) in [7, 11) is -4.78. The quantitative estimate of drug-likeness (QED) is 0.630. The number of aromatic nitrogens is 2. The monoisotopic (exact) mass is 328 g/mol. The van der Waals surface area contributed by atoms with Crippen LogP contribution in [-0.2, 0) is 13.8 Å². The summed E-state index contributed by atoms with van der Waals surface area (Å²) in [6, 6.07) is 0. The molecule has 0 saturated carbocycles. The highest BCUT2D eigenvalue weighted by Gasteiger charge is 2.38. The van der Waals surface area contributed by atoms with Gasteiger partial charge in [-0.15, -0.1) is 0 Å². The first-order chi connectivity index (χ1) is 9.67. The summed E-state index contributed by atoms with van der Waals surface area (Å²) in [4.78, 5) is 41.1. The van der Waals surface area contributed by atoms with Crippen LogP contribution in [0.1, 0.15) is 12.6 Å². The fourth-order valence-corrected chi connectivity index (χ4v) is 2.20. The molecule has 0 aromatic carbocycles. The van der Waals surface area contributed by atoms with E-state index in [-0.39, 0.29) is 6.42 Å². The van der Waals surface area contributed by atoms with Gasteiger partial charge in [0, 0.05) is 6.42 Å². The van der Waals surface area contributed by atoms with Crippen LogP contribution in [0.4, 0.5) is 8.78 Å². The fraction of sp³-hybridized carbons (Fsp3) is 0.556. The molecule has 118 valence electrons. The highest BCUT2D eigenvalue weighted by Crippen LogP contribution is 2.38. The maximum atomic E-state index is 13.7. The second-order valence-electron chi connectivity index (χ2n) is 4.31. The van der Waals surface area contributed by atoms with E-state index < -0.39 is 50.0 Å². The van der Waals surface area contributed by atoms with E-state index in [1.165, 1.54) is 0 Å². The van der Waals surface area contributed by atoms with E-state index in [9.17, 15) is 22.9 Å². The first-order valence-corrected chi connectivity index (χ1v) is 7.21. The largest absolute Gasteiger partial charge is 0.469 e. The molecule has 3 unspecified atom stereocenters. The van der Waals surface area contributed by atoms with Crippen molar-refractivity contribution in [1.82, 2.24) is 9.55 Å². The van der Waals surface area contributed by atoms with Crippen LogP contribution in [0.15, 0.2) is 15.8 Å². The number of ether oxygens (including phenoxy) is 1. The van der Waals surface area contributed by atoms with Crippen molar-refractivity contribution in [2.24, 2.45) is 0 Å². The van der Waals surface area contributed by atoms with Crippen LogP contribution in [0.2, 0.25) is 0 Å². The Labute approximate surface area is 115 Å². The Morgan fingerprint density at radius 3 is 2.81 bits per heavy atom. The molecule has 9 nitrogen and oxygen atoms in total. The van der Waals surface area contributed by atoms with Crippen molar-refractivity contribution in [2.45, 2.75) is 24.9 Å². The lowest BCUT2D eigenvalue weighted by molar-refractivity contribution is -0.0353. The first-order valence-electron chi connectivity index (χ1n) is 5.68. The molecule has 21 heavy (non-hydrogen) atoms. The molecule has 1 aromatic heterocycles. The smallest absolute Gasteiger partial charge is 0.349 e. The highest BCUT2D eigenvalue weighted by molar-refractivity contribution is 7.46. The number of hydrogen-bond acceptors (Lipinski definition) is 5. The van der Waals surface area contributed by atoms with Gasteiger partial charge in [0.2, 0.25) is 5.82 Å². The van der Waals surface area contributed by atoms with Gasteiger partial charge in [0.25, 0.3) is 5.56 Å². The van der Waals surface area contributed by atoms with Gasteiger partial charge in [-0.25, -0.2) is 13.8 Å². The Bertz CT molecular complexity index is 683. The minimum Gasteiger partial charge on any atom is -0.349 e. The molecule has 1 aliphatic heterocycles. The number of aromatic amines is 1. The average molecular weight is 328 g/mol. The first kappa shape index (κ1) is 16.0. The second-order valence-corrected chi connectivity index (χ2v) is 5.55. The summed E-state index contributed by atoms with van der Waals surface area (Å²) in [5.74, 6) is -1.25. The number of phosphoric ester groups is 1. The molecule has 0 spiro atoms. The number of halogens is 2. The normalized spacial score (nSPS) is 26.2. The predicted octanol–water partition coefficient (Wildman–Crippen LogP) is -0.589. The zero-order valence-electron chi connectivity index (χ0n) is 10.3. The molecule has 0 amide bonds. The molecule has 1 fully saturated rings. The van der Waals surface area contributed by atoms with Gasteiger partial charge in [0.05, 0.1) is 12.8 Å². The molecular weight excluding hydrogens is 317 g/mol. The maximum Gasteiger partial charge on any atom is 0.469 e. The average Bonchev–Trinajstić information content (AvgIpc) is 2.72. The minimum absolute atomic E-state index is 0.361. The third-order valence-electron chi connectivity index (χ3n) is 2.80. The summed E-state index contributed by atoms with van der Waals surface area (Å²) >= 11 is 0. The number of hydrogen-bond donors (Lipinski definition) is 3. The molecule has 1 saturated heterocycles. The van der Waals surface area contributed by atoms with Crippen molar-refractivity contribution < 1.29 is 32.4 Å². The molecule has 1 aliphatic rings. The summed E-state index contributed by atoms with van der Waals surface area (Å²) < 4.78 is 47.2. The van der Waals surface area contributed by atoms with Crippen LogP contribution < -0.4 is 11.2 Å². The lowest BCUT2D eigenvalue weighted by atomic mass is 10.2. The number of H-pyrrole nitrogens is 1. The Morgan fingerprint density at radius 2 is 2.19 bits per heavy atom.